The number of hydrogen-bond donors (Lipinski definition) is 1. The Morgan fingerprint density at radius 1 is 1.30 bits per heavy atom. The van der Waals surface area contributed by atoms with Crippen LogP contribution in [-0.2, 0) is 4.79 Å². The zero-order valence-electron chi connectivity index (χ0n) is 12.2. The molecule has 0 saturated heterocycles. The minimum atomic E-state index is -0.274. The van der Waals surface area contributed by atoms with Gasteiger partial charge in [-0.05, 0) is 30.5 Å². The highest BCUT2D eigenvalue weighted by Gasteiger charge is 2.36. The predicted octanol–water partition coefficient (Wildman–Crippen LogP) is 3.54. The van der Waals surface area contributed by atoms with E-state index in [2.05, 4.69) is 32.4 Å². The molecule has 1 aliphatic carbocycles. The number of halogens is 1. The molecule has 2 aromatic rings. The first-order valence-electron chi connectivity index (χ1n) is 7.45. The number of Topliss-reactive ketones (excluding diaryl/α,β-unsaturated/α-hetero) is 1. The molecule has 114 valence electrons. The number of aromatic nitrogens is 2. The Morgan fingerprint density at radius 2 is 2.09 bits per heavy atom. The number of nitrogens with zero attached hydrogens (tertiary/aromatic N) is 3. The van der Waals surface area contributed by atoms with Crippen LogP contribution in [0.5, 0.6) is 0 Å². The number of ketones is 1. The summed E-state index contributed by atoms with van der Waals surface area (Å²) < 4.78 is 2.74. The molecule has 0 bridgehead atoms. The largest absolute Gasteiger partial charge is 0.342 e. The van der Waals surface area contributed by atoms with Crippen LogP contribution in [0.15, 0.2) is 46.2 Å². The van der Waals surface area contributed by atoms with Gasteiger partial charge in [-0.3, -0.25) is 4.79 Å². The van der Waals surface area contributed by atoms with Crippen molar-refractivity contribution in [2.24, 2.45) is 0 Å². The molecule has 0 fully saturated rings. The second kappa shape index (κ2) is 5.36. The first-order valence-corrected chi connectivity index (χ1v) is 8.24. The quantitative estimate of drug-likeness (QED) is 0.835. The number of carbonyl (C=O) groups excluding carboxylic acids is 1. The molecular weight excluding hydrogens is 356 g/mol. The smallest absolute Gasteiger partial charge is 0.163 e. The van der Waals surface area contributed by atoms with Crippen LogP contribution in [0.3, 0.4) is 0 Å². The number of allylic oxidation sites excluding steroid dienone is 2. The van der Waals surface area contributed by atoms with Crippen molar-refractivity contribution in [2.75, 3.05) is 5.32 Å². The summed E-state index contributed by atoms with van der Waals surface area (Å²) in [6.45, 7) is 0. The molecule has 0 saturated carbocycles. The summed E-state index contributed by atoms with van der Waals surface area (Å²) in [6.07, 6.45) is 3.78. The van der Waals surface area contributed by atoms with E-state index in [9.17, 15) is 10.1 Å². The second-order valence-electron chi connectivity index (χ2n) is 5.71. The highest BCUT2D eigenvalue weighted by Crippen LogP contribution is 2.41. The number of anilines is 1. The summed E-state index contributed by atoms with van der Waals surface area (Å²) in [5.41, 5.74) is 3.19. The number of rotatable bonds is 1. The van der Waals surface area contributed by atoms with Gasteiger partial charge >= 0.3 is 0 Å². The maximum atomic E-state index is 12.6. The SMILES string of the molecule is N#Cc1cnn2c1NC1=C(C(=O)CCC1)C2c1ccc(Br)cc1. The van der Waals surface area contributed by atoms with Gasteiger partial charge in [-0.2, -0.15) is 10.4 Å². The van der Waals surface area contributed by atoms with Crippen molar-refractivity contribution < 1.29 is 4.79 Å². The zero-order valence-corrected chi connectivity index (χ0v) is 13.8. The Morgan fingerprint density at radius 3 is 2.83 bits per heavy atom. The van der Waals surface area contributed by atoms with Gasteiger partial charge in [0.05, 0.1) is 6.20 Å². The van der Waals surface area contributed by atoms with Gasteiger partial charge in [0.2, 0.25) is 0 Å². The fraction of sp³-hybridized carbons (Fsp3) is 0.235. The van der Waals surface area contributed by atoms with Crippen molar-refractivity contribution in [3.05, 3.63) is 57.3 Å². The zero-order chi connectivity index (χ0) is 16.0. The molecular formula is C17H13BrN4O. The molecule has 5 nitrogen and oxygen atoms in total. The Labute approximate surface area is 141 Å². The van der Waals surface area contributed by atoms with Crippen LogP contribution in [0, 0.1) is 11.3 Å². The number of benzene rings is 1. The van der Waals surface area contributed by atoms with Crippen molar-refractivity contribution in [3.63, 3.8) is 0 Å². The molecule has 1 aromatic carbocycles. The summed E-state index contributed by atoms with van der Waals surface area (Å²) in [5.74, 6) is 0.834. The molecule has 1 atom stereocenters. The van der Waals surface area contributed by atoms with Crippen LogP contribution in [0.25, 0.3) is 0 Å². The lowest BCUT2D eigenvalue weighted by atomic mass is 9.85. The van der Waals surface area contributed by atoms with Gasteiger partial charge in [0, 0.05) is 22.2 Å². The minimum Gasteiger partial charge on any atom is -0.342 e. The van der Waals surface area contributed by atoms with Gasteiger partial charge in [-0.15, -0.1) is 0 Å². The normalized spacial score (nSPS) is 19.7. The van der Waals surface area contributed by atoms with Gasteiger partial charge in [-0.1, -0.05) is 28.1 Å². The highest BCUT2D eigenvalue weighted by atomic mass is 79.9. The molecule has 1 N–H and O–H groups in total. The summed E-state index contributed by atoms with van der Waals surface area (Å²) in [7, 11) is 0. The van der Waals surface area contributed by atoms with Crippen LogP contribution < -0.4 is 5.32 Å². The molecule has 0 amide bonds. The molecule has 1 aromatic heterocycles. The van der Waals surface area contributed by atoms with E-state index in [1.54, 1.807) is 10.9 Å². The third-order valence-electron chi connectivity index (χ3n) is 4.35. The maximum Gasteiger partial charge on any atom is 0.163 e. The number of hydrogen-bond acceptors (Lipinski definition) is 4. The van der Waals surface area contributed by atoms with E-state index in [-0.39, 0.29) is 11.8 Å². The van der Waals surface area contributed by atoms with E-state index in [0.29, 0.717) is 17.8 Å². The fourth-order valence-corrected chi connectivity index (χ4v) is 3.56. The Balaban J connectivity index is 1.94. The summed E-state index contributed by atoms with van der Waals surface area (Å²) in [5, 5.41) is 16.9. The third kappa shape index (κ3) is 2.20. The van der Waals surface area contributed by atoms with E-state index in [0.717, 1.165) is 34.1 Å². The van der Waals surface area contributed by atoms with E-state index in [1.807, 2.05) is 24.3 Å². The average Bonchev–Trinajstić information content (AvgIpc) is 2.97. The van der Waals surface area contributed by atoms with Crippen LogP contribution in [0.4, 0.5) is 5.82 Å². The molecule has 1 aliphatic heterocycles. The first-order chi connectivity index (χ1) is 11.2. The third-order valence-corrected chi connectivity index (χ3v) is 4.87. The summed E-state index contributed by atoms with van der Waals surface area (Å²) >= 11 is 3.44. The van der Waals surface area contributed by atoms with Gasteiger partial charge in [0.1, 0.15) is 23.5 Å². The fourth-order valence-electron chi connectivity index (χ4n) is 3.29. The topological polar surface area (TPSA) is 70.7 Å². The molecule has 2 aliphatic rings. The lowest BCUT2D eigenvalue weighted by Gasteiger charge is -2.33. The van der Waals surface area contributed by atoms with E-state index >= 15 is 0 Å². The van der Waals surface area contributed by atoms with Crippen LogP contribution in [0.1, 0.15) is 36.4 Å². The van der Waals surface area contributed by atoms with Gasteiger partial charge in [0.25, 0.3) is 0 Å². The molecule has 4 rings (SSSR count). The Kier molecular flexibility index (Phi) is 3.31. The van der Waals surface area contributed by atoms with Gasteiger partial charge in [0.15, 0.2) is 5.78 Å². The highest BCUT2D eigenvalue weighted by molar-refractivity contribution is 9.10. The van der Waals surface area contributed by atoms with Gasteiger partial charge in [-0.25, -0.2) is 4.68 Å². The van der Waals surface area contributed by atoms with Gasteiger partial charge < -0.3 is 5.32 Å². The second-order valence-corrected chi connectivity index (χ2v) is 6.63. The average molecular weight is 369 g/mol. The van der Waals surface area contributed by atoms with E-state index < -0.39 is 0 Å². The van der Waals surface area contributed by atoms with Crippen LogP contribution in [0.2, 0.25) is 0 Å². The summed E-state index contributed by atoms with van der Waals surface area (Å²) in [4.78, 5) is 12.6. The van der Waals surface area contributed by atoms with Crippen molar-refractivity contribution in [1.29, 1.82) is 5.26 Å². The Hall–Kier alpha value is -2.39. The van der Waals surface area contributed by atoms with Crippen LogP contribution >= 0.6 is 15.9 Å². The van der Waals surface area contributed by atoms with E-state index in [1.165, 1.54) is 0 Å². The minimum absolute atomic E-state index is 0.159. The van der Waals surface area contributed by atoms with Crippen molar-refractivity contribution >= 4 is 27.5 Å². The molecule has 2 heterocycles. The molecule has 0 radical (unpaired) electrons. The number of fused-ring (bicyclic) bond motifs is 1. The molecule has 23 heavy (non-hydrogen) atoms. The first kappa shape index (κ1) is 14.2. The standard InChI is InChI=1S/C17H13BrN4O/c18-12-6-4-10(5-7-12)16-15-13(2-1-3-14(15)23)21-17-11(8-19)9-20-22(16)17/h4-7,9,16,21H,1-3H2. The summed E-state index contributed by atoms with van der Waals surface area (Å²) in [6, 6.07) is 9.78. The molecule has 6 heteroatoms. The lowest BCUT2D eigenvalue weighted by Crippen LogP contribution is -2.31. The lowest BCUT2D eigenvalue weighted by molar-refractivity contribution is -0.116. The number of nitriles is 1. The Bertz CT molecular complexity index is 873. The van der Waals surface area contributed by atoms with Crippen molar-refractivity contribution in [2.45, 2.75) is 25.3 Å². The van der Waals surface area contributed by atoms with Crippen LogP contribution in [-0.4, -0.2) is 15.6 Å². The number of carbonyl (C=O) groups is 1. The molecule has 1 unspecified atom stereocenters. The van der Waals surface area contributed by atoms with Crippen molar-refractivity contribution in [3.8, 4) is 6.07 Å². The predicted molar refractivity (Wildman–Crippen MR) is 88.7 cm³/mol. The van der Waals surface area contributed by atoms with Crippen molar-refractivity contribution in [1.82, 2.24) is 9.78 Å². The monoisotopic (exact) mass is 368 g/mol. The number of nitrogens with one attached hydrogen (secondary N) is 1. The van der Waals surface area contributed by atoms with E-state index in [4.69, 9.17) is 0 Å². The molecule has 0 spiro atoms. The maximum absolute atomic E-state index is 12.6.